The largest absolute Gasteiger partial charge is 0.466 e. The lowest BCUT2D eigenvalue weighted by atomic mass is 9.81. The minimum absolute atomic E-state index is 0.202. The van der Waals surface area contributed by atoms with Crippen LogP contribution in [-0.2, 0) is 16.0 Å². The zero-order valence-electron chi connectivity index (χ0n) is 13.1. The number of carbonyl (C=O) groups excluding carboxylic acids is 1. The van der Waals surface area contributed by atoms with Crippen molar-refractivity contribution in [1.82, 2.24) is 4.98 Å². The van der Waals surface area contributed by atoms with Gasteiger partial charge in [0, 0.05) is 11.9 Å². The minimum Gasteiger partial charge on any atom is -0.466 e. The summed E-state index contributed by atoms with van der Waals surface area (Å²) in [7, 11) is 0. The van der Waals surface area contributed by atoms with Crippen molar-refractivity contribution < 1.29 is 9.53 Å². The predicted octanol–water partition coefficient (Wildman–Crippen LogP) is 3.88. The van der Waals surface area contributed by atoms with Crippen LogP contribution in [0.3, 0.4) is 0 Å². The third kappa shape index (κ3) is 5.30. The van der Waals surface area contributed by atoms with Gasteiger partial charge in [-0.05, 0) is 31.6 Å². The van der Waals surface area contributed by atoms with Crippen LogP contribution in [0.5, 0.6) is 0 Å². The first-order valence-electron chi connectivity index (χ1n) is 8.05. The fourth-order valence-electron chi connectivity index (χ4n) is 2.90. The Morgan fingerprint density at radius 3 is 2.71 bits per heavy atom. The molecule has 1 aliphatic rings. The summed E-state index contributed by atoms with van der Waals surface area (Å²) >= 11 is 1.57. The lowest BCUT2D eigenvalue weighted by Crippen LogP contribution is -2.21. The number of hydrogen-bond donors (Lipinski definition) is 1. The molecule has 0 aromatic carbocycles. The van der Waals surface area contributed by atoms with Gasteiger partial charge in [0.05, 0.1) is 18.7 Å². The van der Waals surface area contributed by atoms with E-state index in [0.717, 1.165) is 29.2 Å². The molecule has 0 saturated heterocycles. The van der Waals surface area contributed by atoms with E-state index in [4.69, 9.17) is 4.74 Å². The quantitative estimate of drug-likeness (QED) is 0.777. The average molecular weight is 310 g/mol. The highest BCUT2D eigenvalue weighted by atomic mass is 32.1. The van der Waals surface area contributed by atoms with E-state index >= 15 is 0 Å². The van der Waals surface area contributed by atoms with Crippen LogP contribution in [0.1, 0.15) is 51.6 Å². The van der Waals surface area contributed by atoms with Crippen LogP contribution in [0.15, 0.2) is 5.38 Å². The Balaban J connectivity index is 1.72. The van der Waals surface area contributed by atoms with Gasteiger partial charge in [0.2, 0.25) is 0 Å². The molecule has 0 unspecified atom stereocenters. The predicted molar refractivity (Wildman–Crippen MR) is 86.7 cm³/mol. The second-order valence-corrected chi connectivity index (χ2v) is 6.66. The molecule has 1 N–H and O–H groups in total. The van der Waals surface area contributed by atoms with Crippen LogP contribution in [0.25, 0.3) is 0 Å². The first kappa shape index (κ1) is 16.3. The van der Waals surface area contributed by atoms with E-state index in [1.54, 1.807) is 11.3 Å². The maximum atomic E-state index is 11.4. The molecule has 5 heteroatoms. The molecular weight excluding hydrogens is 284 g/mol. The number of hydrogen-bond acceptors (Lipinski definition) is 5. The van der Waals surface area contributed by atoms with E-state index in [-0.39, 0.29) is 12.4 Å². The molecule has 0 radical (unpaired) electrons. The number of carbonyl (C=O) groups is 1. The summed E-state index contributed by atoms with van der Waals surface area (Å²) in [6.45, 7) is 5.54. The Bertz CT molecular complexity index is 439. The average Bonchev–Trinajstić information content (AvgIpc) is 2.93. The van der Waals surface area contributed by atoms with Crippen molar-refractivity contribution in [1.29, 1.82) is 0 Å². The van der Waals surface area contributed by atoms with Crippen molar-refractivity contribution in [2.45, 2.75) is 52.4 Å². The van der Waals surface area contributed by atoms with Crippen molar-refractivity contribution in [3.63, 3.8) is 0 Å². The normalized spacial score (nSPS) is 22.0. The zero-order chi connectivity index (χ0) is 15.1. The lowest BCUT2D eigenvalue weighted by molar-refractivity contribution is -0.142. The molecule has 1 aliphatic carbocycles. The summed E-state index contributed by atoms with van der Waals surface area (Å²) in [6, 6.07) is 0. The molecule has 0 atom stereocenters. The molecule has 118 valence electrons. The van der Waals surface area contributed by atoms with Crippen molar-refractivity contribution in [2.75, 3.05) is 18.5 Å². The molecule has 1 saturated carbocycles. The molecule has 4 nitrogen and oxygen atoms in total. The van der Waals surface area contributed by atoms with Crippen molar-refractivity contribution in [2.24, 2.45) is 11.8 Å². The van der Waals surface area contributed by atoms with Gasteiger partial charge in [-0.1, -0.05) is 26.2 Å². The molecule has 1 aromatic rings. The van der Waals surface area contributed by atoms with Crippen LogP contribution in [0.4, 0.5) is 5.13 Å². The summed E-state index contributed by atoms with van der Waals surface area (Å²) < 4.78 is 4.94. The Morgan fingerprint density at radius 2 is 2.05 bits per heavy atom. The van der Waals surface area contributed by atoms with E-state index in [9.17, 15) is 4.79 Å². The fourth-order valence-corrected chi connectivity index (χ4v) is 3.63. The number of ether oxygens (including phenoxy) is 1. The summed E-state index contributed by atoms with van der Waals surface area (Å²) in [6.07, 6.45) is 6.99. The second kappa shape index (κ2) is 8.37. The minimum atomic E-state index is -0.202. The second-order valence-electron chi connectivity index (χ2n) is 5.80. The number of esters is 1. The molecule has 21 heavy (non-hydrogen) atoms. The Labute approximate surface area is 131 Å². The van der Waals surface area contributed by atoms with Gasteiger partial charge in [-0.15, -0.1) is 11.3 Å². The maximum Gasteiger partial charge on any atom is 0.311 e. The molecule has 0 aliphatic heterocycles. The van der Waals surface area contributed by atoms with Gasteiger partial charge in [-0.25, -0.2) is 4.98 Å². The molecule has 1 heterocycles. The summed E-state index contributed by atoms with van der Waals surface area (Å²) in [5.41, 5.74) is 0.802. The molecule has 1 fully saturated rings. The van der Waals surface area contributed by atoms with Crippen molar-refractivity contribution >= 4 is 22.4 Å². The monoisotopic (exact) mass is 310 g/mol. The van der Waals surface area contributed by atoms with Gasteiger partial charge in [0.15, 0.2) is 5.13 Å². The van der Waals surface area contributed by atoms with Crippen molar-refractivity contribution in [3.8, 4) is 0 Å². The van der Waals surface area contributed by atoms with Gasteiger partial charge >= 0.3 is 5.97 Å². The Kier molecular flexibility index (Phi) is 6.49. The molecule has 2 rings (SSSR count). The highest BCUT2D eigenvalue weighted by Crippen LogP contribution is 2.30. The highest BCUT2D eigenvalue weighted by molar-refractivity contribution is 7.13. The SMILES string of the molecule is CCOC(=O)Cc1csc(NCC2CCC(CC)CC2)n1. The number of aromatic nitrogens is 1. The summed E-state index contributed by atoms with van der Waals surface area (Å²) in [4.78, 5) is 15.9. The molecule has 0 spiro atoms. The van der Waals surface area contributed by atoms with Crippen LogP contribution < -0.4 is 5.32 Å². The third-order valence-corrected chi connectivity index (χ3v) is 5.12. The Hall–Kier alpha value is -1.10. The van der Waals surface area contributed by atoms with Crippen LogP contribution in [0.2, 0.25) is 0 Å². The molecule has 0 amide bonds. The van der Waals surface area contributed by atoms with E-state index in [2.05, 4.69) is 17.2 Å². The number of rotatable bonds is 7. The van der Waals surface area contributed by atoms with Gasteiger partial charge in [-0.3, -0.25) is 4.79 Å². The van der Waals surface area contributed by atoms with E-state index < -0.39 is 0 Å². The Morgan fingerprint density at radius 1 is 1.33 bits per heavy atom. The highest BCUT2D eigenvalue weighted by Gasteiger charge is 2.20. The van der Waals surface area contributed by atoms with E-state index in [1.165, 1.54) is 32.1 Å². The van der Waals surface area contributed by atoms with Crippen LogP contribution >= 0.6 is 11.3 Å². The molecular formula is C16H26N2O2S. The third-order valence-electron chi connectivity index (χ3n) is 4.27. The molecule has 0 bridgehead atoms. The zero-order valence-corrected chi connectivity index (χ0v) is 13.9. The number of anilines is 1. The van der Waals surface area contributed by atoms with E-state index in [1.807, 2.05) is 12.3 Å². The topological polar surface area (TPSA) is 51.2 Å². The first-order valence-corrected chi connectivity index (χ1v) is 8.93. The van der Waals surface area contributed by atoms with Crippen LogP contribution in [-0.4, -0.2) is 24.1 Å². The smallest absolute Gasteiger partial charge is 0.311 e. The molecule has 1 aromatic heterocycles. The van der Waals surface area contributed by atoms with Gasteiger partial charge in [0.25, 0.3) is 0 Å². The summed E-state index contributed by atoms with van der Waals surface area (Å²) in [5.74, 6) is 1.51. The number of nitrogens with zero attached hydrogens (tertiary/aromatic N) is 1. The van der Waals surface area contributed by atoms with E-state index in [0.29, 0.717) is 6.61 Å². The van der Waals surface area contributed by atoms with Gasteiger partial charge < -0.3 is 10.1 Å². The summed E-state index contributed by atoms with van der Waals surface area (Å²) in [5, 5.41) is 6.29. The van der Waals surface area contributed by atoms with Crippen molar-refractivity contribution in [3.05, 3.63) is 11.1 Å². The number of thiazole rings is 1. The standard InChI is InChI=1S/C16H26N2O2S/c1-3-12-5-7-13(8-6-12)10-17-16-18-14(11-21-16)9-15(19)20-4-2/h11-13H,3-10H2,1-2H3,(H,17,18). The van der Waals surface area contributed by atoms with Crippen LogP contribution in [0, 0.1) is 11.8 Å². The first-order chi connectivity index (χ1) is 10.2. The fraction of sp³-hybridized carbons (Fsp3) is 0.750. The van der Waals surface area contributed by atoms with Gasteiger partial charge in [-0.2, -0.15) is 0 Å². The van der Waals surface area contributed by atoms with Gasteiger partial charge in [0.1, 0.15) is 0 Å². The number of nitrogens with one attached hydrogen (secondary N) is 1. The lowest BCUT2D eigenvalue weighted by Gasteiger charge is -2.27. The maximum absolute atomic E-state index is 11.4.